The molecule has 3 heteroatoms. The smallest absolute Gasteiger partial charge is 0.126 e. The van der Waals surface area contributed by atoms with E-state index in [1.54, 1.807) is 6.07 Å². The Bertz CT molecular complexity index is 612. The summed E-state index contributed by atoms with van der Waals surface area (Å²) in [6, 6.07) is 15.5. The second-order valence-corrected chi connectivity index (χ2v) is 5.71. The number of nitrogens with two attached hydrogens (primary N) is 1. The van der Waals surface area contributed by atoms with Crippen molar-refractivity contribution in [2.45, 2.75) is 18.9 Å². The second kappa shape index (κ2) is 6.37. The van der Waals surface area contributed by atoms with E-state index in [0.29, 0.717) is 6.54 Å². The van der Waals surface area contributed by atoms with Crippen LogP contribution in [-0.2, 0) is 13.0 Å². The van der Waals surface area contributed by atoms with E-state index in [-0.39, 0.29) is 11.7 Å². The number of halogens is 1. The van der Waals surface area contributed by atoms with E-state index in [2.05, 4.69) is 29.2 Å². The third-order valence-corrected chi connectivity index (χ3v) is 4.32. The molecular formula is C18H21FN2. The van der Waals surface area contributed by atoms with Crippen molar-refractivity contribution in [3.63, 3.8) is 0 Å². The number of hydrogen-bond acceptors (Lipinski definition) is 2. The van der Waals surface area contributed by atoms with Crippen LogP contribution in [0.15, 0.2) is 48.5 Å². The summed E-state index contributed by atoms with van der Waals surface area (Å²) in [6.45, 7) is 3.23. The van der Waals surface area contributed by atoms with Gasteiger partial charge in [-0.2, -0.15) is 0 Å². The number of hydrogen-bond donors (Lipinski definition) is 1. The zero-order valence-corrected chi connectivity index (χ0v) is 12.1. The van der Waals surface area contributed by atoms with Crippen molar-refractivity contribution in [1.29, 1.82) is 0 Å². The van der Waals surface area contributed by atoms with Crippen molar-refractivity contribution in [1.82, 2.24) is 4.90 Å². The normalized spacial score (nSPS) is 16.5. The quantitative estimate of drug-likeness (QED) is 0.935. The molecule has 110 valence electrons. The number of fused-ring (bicyclic) bond motifs is 1. The van der Waals surface area contributed by atoms with Crippen molar-refractivity contribution in [3.8, 4) is 0 Å². The Labute approximate surface area is 125 Å². The molecule has 0 saturated heterocycles. The van der Waals surface area contributed by atoms with Crippen molar-refractivity contribution >= 4 is 0 Å². The van der Waals surface area contributed by atoms with Crippen molar-refractivity contribution in [2.24, 2.45) is 5.73 Å². The van der Waals surface area contributed by atoms with Gasteiger partial charge in [-0.3, -0.25) is 4.90 Å². The summed E-state index contributed by atoms with van der Waals surface area (Å²) in [7, 11) is 0. The van der Waals surface area contributed by atoms with Gasteiger partial charge < -0.3 is 5.73 Å². The molecule has 0 amide bonds. The molecule has 0 radical (unpaired) electrons. The third-order valence-electron chi connectivity index (χ3n) is 4.32. The summed E-state index contributed by atoms with van der Waals surface area (Å²) >= 11 is 0. The number of nitrogens with zero attached hydrogens (tertiary/aromatic N) is 1. The number of rotatable bonds is 4. The minimum atomic E-state index is -0.148. The molecule has 1 aliphatic heterocycles. The van der Waals surface area contributed by atoms with Gasteiger partial charge in [0, 0.05) is 32.1 Å². The Morgan fingerprint density at radius 1 is 1.05 bits per heavy atom. The van der Waals surface area contributed by atoms with Gasteiger partial charge >= 0.3 is 0 Å². The Kier molecular flexibility index (Phi) is 4.32. The van der Waals surface area contributed by atoms with E-state index in [0.717, 1.165) is 31.6 Å². The third kappa shape index (κ3) is 3.14. The van der Waals surface area contributed by atoms with E-state index in [1.165, 1.54) is 17.2 Å². The highest BCUT2D eigenvalue weighted by atomic mass is 19.1. The maximum Gasteiger partial charge on any atom is 0.126 e. The van der Waals surface area contributed by atoms with Gasteiger partial charge in [-0.25, -0.2) is 4.39 Å². The van der Waals surface area contributed by atoms with Gasteiger partial charge in [0.05, 0.1) is 0 Å². The van der Waals surface area contributed by atoms with Crippen LogP contribution in [0, 0.1) is 5.82 Å². The molecule has 1 unspecified atom stereocenters. The van der Waals surface area contributed by atoms with Crippen LogP contribution in [0.5, 0.6) is 0 Å². The average molecular weight is 284 g/mol. The minimum absolute atomic E-state index is 0.0523. The first-order valence-electron chi connectivity index (χ1n) is 7.51. The molecule has 0 spiro atoms. The zero-order valence-electron chi connectivity index (χ0n) is 12.1. The van der Waals surface area contributed by atoms with E-state index >= 15 is 0 Å². The highest BCUT2D eigenvalue weighted by Gasteiger charge is 2.21. The maximum atomic E-state index is 13.9. The van der Waals surface area contributed by atoms with E-state index in [1.807, 2.05) is 12.1 Å². The van der Waals surface area contributed by atoms with Crippen LogP contribution in [0.25, 0.3) is 0 Å². The van der Waals surface area contributed by atoms with E-state index in [9.17, 15) is 4.39 Å². The molecule has 21 heavy (non-hydrogen) atoms. The molecule has 0 fully saturated rings. The predicted octanol–water partition coefficient (Wildman–Crippen LogP) is 2.93. The standard InChI is InChI=1S/C18H21FN2/c19-18-8-4-3-7-17(18)16(11-20)13-21-10-9-14-5-1-2-6-15(14)12-21/h1-8,16H,9-13,20H2. The number of benzene rings is 2. The van der Waals surface area contributed by atoms with Gasteiger partial charge in [0.25, 0.3) is 0 Å². The van der Waals surface area contributed by atoms with Crippen LogP contribution in [0.4, 0.5) is 4.39 Å². The summed E-state index contributed by atoms with van der Waals surface area (Å²) in [4.78, 5) is 2.38. The fourth-order valence-electron chi connectivity index (χ4n) is 3.13. The minimum Gasteiger partial charge on any atom is -0.330 e. The topological polar surface area (TPSA) is 29.3 Å². The molecule has 0 aliphatic carbocycles. The Balaban J connectivity index is 1.73. The molecule has 2 nitrogen and oxygen atoms in total. The Hall–Kier alpha value is -1.71. The molecule has 1 aliphatic rings. The van der Waals surface area contributed by atoms with Gasteiger partial charge in [0.1, 0.15) is 5.82 Å². The van der Waals surface area contributed by atoms with Crippen molar-refractivity contribution < 1.29 is 4.39 Å². The Morgan fingerprint density at radius 2 is 1.76 bits per heavy atom. The van der Waals surface area contributed by atoms with Gasteiger partial charge in [-0.1, -0.05) is 42.5 Å². The van der Waals surface area contributed by atoms with Crippen molar-refractivity contribution in [3.05, 3.63) is 71.0 Å². The molecule has 2 N–H and O–H groups in total. The lowest BCUT2D eigenvalue weighted by Gasteiger charge is -2.31. The summed E-state index contributed by atoms with van der Waals surface area (Å²) in [5.41, 5.74) is 9.44. The highest BCUT2D eigenvalue weighted by molar-refractivity contribution is 5.29. The van der Waals surface area contributed by atoms with Gasteiger partial charge in [-0.05, 0) is 29.2 Å². The lowest BCUT2D eigenvalue weighted by atomic mass is 9.95. The van der Waals surface area contributed by atoms with Crippen LogP contribution in [0.3, 0.4) is 0 Å². The van der Waals surface area contributed by atoms with Crippen LogP contribution in [-0.4, -0.2) is 24.5 Å². The fraction of sp³-hybridized carbons (Fsp3) is 0.333. The van der Waals surface area contributed by atoms with E-state index in [4.69, 9.17) is 5.73 Å². The molecule has 2 aromatic carbocycles. The van der Waals surface area contributed by atoms with Crippen LogP contribution in [0.1, 0.15) is 22.6 Å². The first-order chi connectivity index (χ1) is 10.3. The summed E-state index contributed by atoms with van der Waals surface area (Å²) < 4.78 is 13.9. The molecule has 2 aromatic rings. The summed E-state index contributed by atoms with van der Waals surface area (Å²) in [5, 5.41) is 0. The molecule has 0 saturated carbocycles. The SMILES string of the molecule is NCC(CN1CCc2ccccc2C1)c1ccccc1F. The first-order valence-corrected chi connectivity index (χ1v) is 7.51. The van der Waals surface area contributed by atoms with Gasteiger partial charge in [-0.15, -0.1) is 0 Å². The highest BCUT2D eigenvalue weighted by Crippen LogP contribution is 2.23. The lowest BCUT2D eigenvalue weighted by Crippen LogP contribution is -2.36. The van der Waals surface area contributed by atoms with Crippen molar-refractivity contribution in [2.75, 3.05) is 19.6 Å². The molecule has 0 aromatic heterocycles. The maximum absolute atomic E-state index is 13.9. The molecule has 3 rings (SSSR count). The predicted molar refractivity (Wildman–Crippen MR) is 83.6 cm³/mol. The van der Waals surface area contributed by atoms with Crippen LogP contribution in [0.2, 0.25) is 0 Å². The Morgan fingerprint density at radius 3 is 2.52 bits per heavy atom. The van der Waals surface area contributed by atoms with Crippen LogP contribution < -0.4 is 5.73 Å². The second-order valence-electron chi connectivity index (χ2n) is 5.71. The summed E-state index contributed by atoms with van der Waals surface area (Å²) in [5.74, 6) is -0.0955. The molecule has 1 heterocycles. The lowest BCUT2D eigenvalue weighted by molar-refractivity contribution is 0.237. The fourth-order valence-corrected chi connectivity index (χ4v) is 3.13. The molecule has 1 atom stereocenters. The largest absolute Gasteiger partial charge is 0.330 e. The molecule has 0 bridgehead atoms. The first kappa shape index (κ1) is 14.2. The van der Waals surface area contributed by atoms with Gasteiger partial charge in [0.2, 0.25) is 0 Å². The zero-order chi connectivity index (χ0) is 14.7. The van der Waals surface area contributed by atoms with Gasteiger partial charge in [0.15, 0.2) is 0 Å². The average Bonchev–Trinajstić information content (AvgIpc) is 2.53. The monoisotopic (exact) mass is 284 g/mol. The summed E-state index contributed by atoms with van der Waals surface area (Å²) in [6.07, 6.45) is 1.06. The molecular weight excluding hydrogens is 263 g/mol. The van der Waals surface area contributed by atoms with E-state index < -0.39 is 0 Å². The van der Waals surface area contributed by atoms with Crippen LogP contribution >= 0.6 is 0 Å².